The van der Waals surface area contributed by atoms with Crippen molar-refractivity contribution in [2.45, 2.75) is 43.9 Å². The number of halogens is 1. The van der Waals surface area contributed by atoms with E-state index in [2.05, 4.69) is 28.2 Å². The maximum Gasteiger partial charge on any atom is 0.0158 e. The van der Waals surface area contributed by atoms with Crippen LogP contribution in [0.2, 0.25) is 0 Å². The van der Waals surface area contributed by atoms with Crippen LogP contribution in [-0.2, 0) is 19.3 Å². The van der Waals surface area contributed by atoms with Crippen LogP contribution in [0.15, 0.2) is 5.38 Å². The van der Waals surface area contributed by atoms with Crippen molar-refractivity contribution in [3.63, 3.8) is 0 Å². The van der Waals surface area contributed by atoms with Crippen LogP contribution in [0.3, 0.4) is 0 Å². The van der Waals surface area contributed by atoms with E-state index in [1.54, 1.807) is 16.0 Å². The minimum atomic E-state index is 0.619. The van der Waals surface area contributed by atoms with Crippen molar-refractivity contribution in [1.29, 1.82) is 0 Å². The highest BCUT2D eigenvalue weighted by Crippen LogP contribution is 2.31. The van der Waals surface area contributed by atoms with Gasteiger partial charge in [-0.15, -0.1) is 11.3 Å². The molecule has 1 aromatic heterocycles. The van der Waals surface area contributed by atoms with Crippen LogP contribution < -0.4 is 0 Å². The zero-order valence-corrected chi connectivity index (χ0v) is 10.4. The molecule has 0 bridgehead atoms. The Morgan fingerprint density at radius 2 is 2.23 bits per heavy atom. The van der Waals surface area contributed by atoms with Crippen molar-refractivity contribution in [3.05, 3.63) is 21.4 Å². The summed E-state index contributed by atoms with van der Waals surface area (Å²) in [5.41, 5.74) is 3.28. The van der Waals surface area contributed by atoms with E-state index in [0.717, 1.165) is 0 Å². The normalized spacial score (nSPS) is 18.3. The maximum atomic E-state index is 3.63. The number of hydrogen-bond donors (Lipinski definition) is 0. The summed E-state index contributed by atoms with van der Waals surface area (Å²) in [5, 5.41) is 2.37. The monoisotopic (exact) mass is 258 g/mol. The first-order valence-corrected chi connectivity index (χ1v) is 6.79. The molecule has 2 heteroatoms. The van der Waals surface area contributed by atoms with Gasteiger partial charge < -0.3 is 0 Å². The van der Waals surface area contributed by atoms with Crippen LogP contribution >= 0.6 is 27.3 Å². The van der Waals surface area contributed by atoms with Gasteiger partial charge in [0.1, 0.15) is 0 Å². The molecule has 0 fully saturated rings. The first-order chi connectivity index (χ1) is 6.27. The number of hydrogen-bond acceptors (Lipinski definition) is 1. The Morgan fingerprint density at radius 1 is 1.46 bits per heavy atom. The second-order valence-corrected chi connectivity index (χ2v) is 6.38. The number of thiophene rings is 1. The molecule has 0 saturated heterocycles. The molecule has 13 heavy (non-hydrogen) atoms. The Balaban J connectivity index is 2.21. The number of alkyl halides is 1. The van der Waals surface area contributed by atoms with E-state index in [0.29, 0.717) is 4.83 Å². The smallest absolute Gasteiger partial charge is 0.0158 e. The third-order valence-electron chi connectivity index (χ3n) is 2.65. The van der Waals surface area contributed by atoms with E-state index in [9.17, 15) is 0 Å². The summed E-state index contributed by atoms with van der Waals surface area (Å²) in [6.45, 7) is 2.23. The molecule has 0 N–H and O–H groups in total. The number of aryl methyl sites for hydroxylation is 1. The Kier molecular flexibility index (Phi) is 3.10. The molecule has 0 spiro atoms. The van der Waals surface area contributed by atoms with Gasteiger partial charge in [-0.1, -0.05) is 22.9 Å². The van der Waals surface area contributed by atoms with E-state index in [-0.39, 0.29) is 0 Å². The highest BCUT2D eigenvalue weighted by atomic mass is 79.9. The summed E-state index contributed by atoms with van der Waals surface area (Å²) >= 11 is 5.60. The lowest BCUT2D eigenvalue weighted by molar-refractivity contribution is 0.690. The summed E-state index contributed by atoms with van der Waals surface area (Å²) in [6.07, 6.45) is 6.65. The SMILES string of the molecule is CC(Br)Cc1csc2c1CCCC2. The highest BCUT2D eigenvalue weighted by Gasteiger charge is 2.15. The minimum Gasteiger partial charge on any atom is -0.148 e. The van der Waals surface area contributed by atoms with Crippen molar-refractivity contribution in [2.75, 3.05) is 0 Å². The Labute approximate surface area is 92.5 Å². The van der Waals surface area contributed by atoms with Crippen molar-refractivity contribution in [1.82, 2.24) is 0 Å². The summed E-state index contributed by atoms with van der Waals surface area (Å²) in [7, 11) is 0. The van der Waals surface area contributed by atoms with Gasteiger partial charge in [0, 0.05) is 9.70 Å². The van der Waals surface area contributed by atoms with Crippen molar-refractivity contribution >= 4 is 27.3 Å². The molecule has 1 atom stereocenters. The fraction of sp³-hybridized carbons (Fsp3) is 0.636. The fourth-order valence-corrected chi connectivity index (χ4v) is 3.54. The molecule has 0 nitrogen and oxygen atoms in total. The number of rotatable bonds is 2. The van der Waals surface area contributed by atoms with Crippen LogP contribution in [0.1, 0.15) is 35.8 Å². The third kappa shape index (κ3) is 2.16. The zero-order valence-electron chi connectivity index (χ0n) is 7.98. The molecule has 1 heterocycles. The largest absolute Gasteiger partial charge is 0.148 e. The van der Waals surface area contributed by atoms with Gasteiger partial charge in [0.25, 0.3) is 0 Å². The van der Waals surface area contributed by atoms with Crippen molar-refractivity contribution in [2.24, 2.45) is 0 Å². The Morgan fingerprint density at radius 3 is 3.00 bits per heavy atom. The fourth-order valence-electron chi connectivity index (χ4n) is 2.04. The van der Waals surface area contributed by atoms with Gasteiger partial charge in [-0.05, 0) is 48.6 Å². The molecular formula is C11H15BrS. The zero-order chi connectivity index (χ0) is 9.26. The summed E-state index contributed by atoms with van der Waals surface area (Å²) in [5.74, 6) is 0. The average molecular weight is 259 g/mol. The lowest BCUT2D eigenvalue weighted by Gasteiger charge is -2.13. The van der Waals surface area contributed by atoms with Crippen LogP contribution in [0, 0.1) is 0 Å². The van der Waals surface area contributed by atoms with E-state index >= 15 is 0 Å². The Hall–Kier alpha value is 0.180. The predicted molar refractivity (Wildman–Crippen MR) is 63.1 cm³/mol. The highest BCUT2D eigenvalue weighted by molar-refractivity contribution is 9.09. The predicted octanol–water partition coefficient (Wildman–Crippen LogP) is 3.95. The molecule has 1 aliphatic carbocycles. The molecule has 0 amide bonds. The standard InChI is InChI=1S/C11H15BrS/c1-8(12)6-9-7-13-11-5-3-2-4-10(9)11/h7-8H,2-6H2,1H3. The van der Waals surface area contributed by atoms with E-state index in [1.165, 1.54) is 32.1 Å². The molecule has 1 aliphatic rings. The average Bonchev–Trinajstić information content (AvgIpc) is 2.48. The van der Waals surface area contributed by atoms with Crippen molar-refractivity contribution < 1.29 is 0 Å². The van der Waals surface area contributed by atoms with E-state index in [4.69, 9.17) is 0 Å². The van der Waals surface area contributed by atoms with Crippen LogP contribution in [0.4, 0.5) is 0 Å². The lowest BCUT2D eigenvalue weighted by atomic mass is 9.94. The second-order valence-electron chi connectivity index (χ2n) is 3.85. The first-order valence-electron chi connectivity index (χ1n) is 4.99. The topological polar surface area (TPSA) is 0 Å². The molecule has 1 aromatic rings. The van der Waals surface area contributed by atoms with Crippen LogP contribution in [-0.4, -0.2) is 4.83 Å². The van der Waals surface area contributed by atoms with Gasteiger partial charge in [0.05, 0.1) is 0 Å². The van der Waals surface area contributed by atoms with Crippen LogP contribution in [0.5, 0.6) is 0 Å². The van der Waals surface area contributed by atoms with Crippen molar-refractivity contribution in [3.8, 4) is 0 Å². The summed E-state index contributed by atoms with van der Waals surface area (Å²) in [4.78, 5) is 2.28. The van der Waals surface area contributed by atoms with Gasteiger partial charge >= 0.3 is 0 Å². The van der Waals surface area contributed by atoms with Gasteiger partial charge in [-0.3, -0.25) is 0 Å². The molecular weight excluding hydrogens is 244 g/mol. The molecule has 0 radical (unpaired) electrons. The Bertz CT molecular complexity index is 288. The second kappa shape index (κ2) is 4.14. The minimum absolute atomic E-state index is 0.619. The van der Waals surface area contributed by atoms with E-state index < -0.39 is 0 Å². The quantitative estimate of drug-likeness (QED) is 0.705. The van der Waals surface area contributed by atoms with E-state index in [1.807, 2.05) is 11.3 Å². The number of fused-ring (bicyclic) bond motifs is 1. The van der Waals surface area contributed by atoms with Gasteiger partial charge in [-0.2, -0.15) is 0 Å². The first kappa shape index (κ1) is 9.72. The van der Waals surface area contributed by atoms with Gasteiger partial charge in [0.2, 0.25) is 0 Å². The van der Waals surface area contributed by atoms with Gasteiger partial charge in [0.15, 0.2) is 0 Å². The molecule has 0 aromatic carbocycles. The molecule has 1 unspecified atom stereocenters. The third-order valence-corrected chi connectivity index (χ3v) is 4.11. The molecule has 2 rings (SSSR count). The van der Waals surface area contributed by atoms with Crippen LogP contribution in [0.25, 0.3) is 0 Å². The van der Waals surface area contributed by atoms with Gasteiger partial charge in [-0.25, -0.2) is 0 Å². The summed E-state index contributed by atoms with van der Waals surface area (Å²) < 4.78 is 0. The maximum absolute atomic E-state index is 3.63. The molecule has 0 saturated carbocycles. The molecule has 0 aliphatic heterocycles. The summed E-state index contributed by atoms with van der Waals surface area (Å²) in [6, 6.07) is 0. The molecule has 72 valence electrons. The lowest BCUT2D eigenvalue weighted by Crippen LogP contribution is -2.04.